The van der Waals surface area contributed by atoms with Gasteiger partial charge in [-0.25, -0.2) is 4.98 Å². The van der Waals surface area contributed by atoms with E-state index >= 15 is 0 Å². The van der Waals surface area contributed by atoms with Crippen LogP contribution in [0, 0.1) is 0 Å². The molecule has 2 aromatic carbocycles. The Hall–Kier alpha value is -2.33. The van der Waals surface area contributed by atoms with Gasteiger partial charge in [-0.3, -0.25) is 0 Å². The van der Waals surface area contributed by atoms with Gasteiger partial charge in [0.15, 0.2) is 0 Å². The highest BCUT2D eigenvalue weighted by molar-refractivity contribution is 5.80. The van der Waals surface area contributed by atoms with Gasteiger partial charge >= 0.3 is 0 Å². The zero-order valence-corrected chi connectivity index (χ0v) is 13.0. The maximum absolute atomic E-state index is 6.18. The Labute approximate surface area is 130 Å². The fraction of sp³-hybridized carbons (Fsp3) is 0.278. The molecule has 4 heteroatoms. The van der Waals surface area contributed by atoms with E-state index in [4.69, 9.17) is 15.5 Å². The summed E-state index contributed by atoms with van der Waals surface area (Å²) in [6, 6.07) is 16.3. The number of nitrogens with zero attached hydrogens (tertiary/aromatic N) is 2. The smallest absolute Gasteiger partial charge is 0.141 e. The summed E-state index contributed by atoms with van der Waals surface area (Å²) in [6.07, 6.45) is 0.935. The van der Waals surface area contributed by atoms with Crippen LogP contribution in [0.4, 0.5) is 0 Å². The third-order valence-electron chi connectivity index (χ3n) is 3.92. The summed E-state index contributed by atoms with van der Waals surface area (Å²) in [7, 11) is 1.68. The molecule has 3 rings (SSSR count). The Bertz CT molecular complexity index is 779. The van der Waals surface area contributed by atoms with Crippen molar-refractivity contribution in [2.75, 3.05) is 7.11 Å². The molecule has 0 amide bonds. The highest BCUT2D eigenvalue weighted by atomic mass is 16.5. The lowest BCUT2D eigenvalue weighted by Gasteiger charge is -2.14. The summed E-state index contributed by atoms with van der Waals surface area (Å²) < 4.78 is 7.54. The van der Waals surface area contributed by atoms with Crippen LogP contribution in [0.2, 0.25) is 0 Å². The monoisotopic (exact) mass is 295 g/mol. The number of fused-ring (bicyclic) bond motifs is 1. The molecule has 1 atom stereocenters. The van der Waals surface area contributed by atoms with Crippen molar-refractivity contribution in [3.8, 4) is 17.1 Å². The average Bonchev–Trinajstić information content (AvgIpc) is 2.93. The van der Waals surface area contributed by atoms with Gasteiger partial charge in [-0.1, -0.05) is 31.2 Å². The van der Waals surface area contributed by atoms with Gasteiger partial charge in [-0.15, -0.1) is 0 Å². The van der Waals surface area contributed by atoms with E-state index in [-0.39, 0.29) is 6.04 Å². The SMILES string of the molecule is CCC(N)Cn1c(-c2cccc(OC)c2)nc2ccccc21. The predicted molar refractivity (Wildman–Crippen MR) is 90.0 cm³/mol. The van der Waals surface area contributed by atoms with Crippen LogP contribution in [0.3, 0.4) is 0 Å². The lowest BCUT2D eigenvalue weighted by Crippen LogP contribution is -2.25. The molecular formula is C18H21N3O. The first-order valence-corrected chi connectivity index (χ1v) is 7.58. The molecule has 0 radical (unpaired) electrons. The van der Waals surface area contributed by atoms with Crippen LogP contribution in [0.25, 0.3) is 22.4 Å². The molecule has 2 N–H and O–H groups in total. The average molecular weight is 295 g/mol. The maximum atomic E-state index is 6.18. The van der Waals surface area contributed by atoms with E-state index in [9.17, 15) is 0 Å². The van der Waals surface area contributed by atoms with Crippen LogP contribution < -0.4 is 10.5 Å². The second-order valence-electron chi connectivity index (χ2n) is 5.44. The fourth-order valence-corrected chi connectivity index (χ4v) is 2.61. The molecule has 4 nitrogen and oxygen atoms in total. The Balaban J connectivity index is 2.16. The van der Waals surface area contributed by atoms with Crippen LogP contribution in [-0.2, 0) is 6.54 Å². The third-order valence-corrected chi connectivity index (χ3v) is 3.92. The van der Waals surface area contributed by atoms with Crippen LogP contribution in [0.15, 0.2) is 48.5 Å². The first kappa shape index (κ1) is 14.6. The predicted octanol–water partition coefficient (Wildman–Crippen LogP) is 3.45. The van der Waals surface area contributed by atoms with Crippen molar-refractivity contribution >= 4 is 11.0 Å². The largest absolute Gasteiger partial charge is 0.497 e. The van der Waals surface area contributed by atoms with Crippen molar-refractivity contribution in [1.29, 1.82) is 0 Å². The Morgan fingerprint density at radius 1 is 1.18 bits per heavy atom. The van der Waals surface area contributed by atoms with Crippen LogP contribution in [0.1, 0.15) is 13.3 Å². The van der Waals surface area contributed by atoms with E-state index in [2.05, 4.69) is 23.6 Å². The van der Waals surface area contributed by atoms with E-state index < -0.39 is 0 Å². The number of hydrogen-bond donors (Lipinski definition) is 1. The molecule has 0 spiro atoms. The molecule has 1 heterocycles. The molecule has 3 aromatic rings. The molecule has 1 aromatic heterocycles. The minimum Gasteiger partial charge on any atom is -0.497 e. The van der Waals surface area contributed by atoms with Crippen molar-refractivity contribution in [2.24, 2.45) is 5.73 Å². The number of nitrogens with two attached hydrogens (primary N) is 1. The van der Waals surface area contributed by atoms with Gasteiger partial charge in [-0.05, 0) is 30.7 Å². The topological polar surface area (TPSA) is 53.1 Å². The maximum Gasteiger partial charge on any atom is 0.141 e. The van der Waals surface area contributed by atoms with Crippen LogP contribution in [-0.4, -0.2) is 22.7 Å². The minimum absolute atomic E-state index is 0.113. The Kier molecular flexibility index (Phi) is 4.11. The van der Waals surface area contributed by atoms with Crippen LogP contribution in [0.5, 0.6) is 5.75 Å². The van der Waals surface area contributed by atoms with Crippen molar-refractivity contribution in [1.82, 2.24) is 9.55 Å². The summed E-state index contributed by atoms with van der Waals surface area (Å²) in [5, 5.41) is 0. The van der Waals surface area contributed by atoms with E-state index in [1.165, 1.54) is 0 Å². The molecule has 0 saturated carbocycles. The molecule has 0 saturated heterocycles. The molecule has 114 valence electrons. The molecule has 1 unspecified atom stereocenters. The molecule has 0 aliphatic heterocycles. The Morgan fingerprint density at radius 2 is 2.00 bits per heavy atom. The number of methoxy groups -OCH3 is 1. The van der Waals surface area contributed by atoms with Gasteiger partial charge in [0, 0.05) is 18.2 Å². The van der Waals surface area contributed by atoms with Crippen LogP contribution >= 0.6 is 0 Å². The first-order chi connectivity index (χ1) is 10.7. The molecule has 0 bridgehead atoms. The summed E-state index contributed by atoms with van der Waals surface area (Å²) in [6.45, 7) is 2.86. The number of para-hydroxylation sites is 2. The first-order valence-electron chi connectivity index (χ1n) is 7.58. The normalized spacial score (nSPS) is 12.5. The molecule has 0 fully saturated rings. The van der Waals surface area contributed by atoms with Gasteiger partial charge in [-0.2, -0.15) is 0 Å². The zero-order valence-electron chi connectivity index (χ0n) is 13.0. The van der Waals surface area contributed by atoms with Gasteiger partial charge < -0.3 is 15.0 Å². The summed E-state index contributed by atoms with van der Waals surface area (Å²) in [5.41, 5.74) is 9.33. The minimum atomic E-state index is 0.113. The van der Waals surface area contributed by atoms with Gasteiger partial charge in [0.2, 0.25) is 0 Å². The van der Waals surface area contributed by atoms with Crippen molar-refractivity contribution in [3.05, 3.63) is 48.5 Å². The highest BCUT2D eigenvalue weighted by Gasteiger charge is 2.14. The second kappa shape index (κ2) is 6.20. The number of aromatic nitrogens is 2. The third kappa shape index (κ3) is 2.70. The van der Waals surface area contributed by atoms with E-state index in [0.29, 0.717) is 0 Å². The molecular weight excluding hydrogens is 274 g/mol. The second-order valence-corrected chi connectivity index (χ2v) is 5.44. The number of hydrogen-bond acceptors (Lipinski definition) is 3. The van der Waals surface area contributed by atoms with Gasteiger partial charge in [0.25, 0.3) is 0 Å². The van der Waals surface area contributed by atoms with Gasteiger partial charge in [0.1, 0.15) is 11.6 Å². The quantitative estimate of drug-likeness (QED) is 0.784. The number of benzene rings is 2. The zero-order chi connectivity index (χ0) is 15.5. The highest BCUT2D eigenvalue weighted by Crippen LogP contribution is 2.27. The summed E-state index contributed by atoms with van der Waals surface area (Å²) in [4.78, 5) is 4.80. The lowest BCUT2D eigenvalue weighted by molar-refractivity contribution is 0.415. The Morgan fingerprint density at radius 3 is 2.77 bits per heavy atom. The summed E-state index contributed by atoms with van der Waals surface area (Å²) >= 11 is 0. The van der Waals surface area contributed by atoms with Crippen molar-refractivity contribution < 1.29 is 4.74 Å². The van der Waals surface area contributed by atoms with E-state index in [1.807, 2.05) is 36.4 Å². The standard InChI is InChI=1S/C18H21N3O/c1-3-14(19)12-21-17-10-5-4-9-16(17)20-18(21)13-7-6-8-15(11-13)22-2/h4-11,14H,3,12,19H2,1-2H3. The number of imidazole rings is 1. The molecule has 0 aliphatic rings. The van der Waals surface area contributed by atoms with E-state index in [1.54, 1.807) is 7.11 Å². The lowest BCUT2D eigenvalue weighted by atomic mass is 10.2. The molecule has 0 aliphatic carbocycles. The van der Waals surface area contributed by atoms with Gasteiger partial charge in [0.05, 0.1) is 18.1 Å². The van der Waals surface area contributed by atoms with Crippen molar-refractivity contribution in [3.63, 3.8) is 0 Å². The summed E-state index contributed by atoms with van der Waals surface area (Å²) in [5.74, 6) is 1.76. The molecule has 22 heavy (non-hydrogen) atoms. The fourth-order valence-electron chi connectivity index (χ4n) is 2.61. The number of rotatable bonds is 5. The number of ether oxygens (including phenoxy) is 1. The van der Waals surface area contributed by atoms with E-state index in [0.717, 1.165) is 41.1 Å². The van der Waals surface area contributed by atoms with Crippen molar-refractivity contribution in [2.45, 2.75) is 25.9 Å².